The molecule has 0 saturated carbocycles. The highest BCUT2D eigenvalue weighted by Gasteiger charge is 2.40. The van der Waals surface area contributed by atoms with Crippen LogP contribution in [0.2, 0.25) is 0 Å². The average molecular weight is 623 g/mol. The molecule has 1 unspecified atom stereocenters. The summed E-state index contributed by atoms with van der Waals surface area (Å²) in [4.78, 5) is 11.6. The standard InChI is InChI=1S/C37H66O7/c1-3-4-13-19-30(38)20-16-17-22-32(40)34-24-26-36(44-34)35-25-23-33(43-35)31(39)21-15-12-10-8-6-5-7-9-11-14-18-29-27-28(2)42-37(29)41/h27-28,30-36,38-40H,3-26H2,1-2H3/t28-,30?,31+,32-,33+,34-,35-,36-/m0/s1. The van der Waals surface area contributed by atoms with E-state index < -0.39 is 12.2 Å². The molecule has 0 spiro atoms. The quantitative estimate of drug-likeness (QED) is 0.0703. The maximum absolute atomic E-state index is 11.6. The zero-order valence-electron chi connectivity index (χ0n) is 28.1. The van der Waals surface area contributed by atoms with Crippen LogP contribution in [0.1, 0.15) is 168 Å². The number of aliphatic hydroxyl groups excluding tert-OH is 3. The molecule has 3 heterocycles. The van der Waals surface area contributed by atoms with Crippen molar-refractivity contribution in [2.75, 3.05) is 0 Å². The Morgan fingerprint density at radius 1 is 0.659 bits per heavy atom. The van der Waals surface area contributed by atoms with Gasteiger partial charge in [0.05, 0.1) is 42.7 Å². The normalized spacial score (nSPS) is 27.4. The van der Waals surface area contributed by atoms with Gasteiger partial charge in [-0.1, -0.05) is 96.8 Å². The van der Waals surface area contributed by atoms with Crippen molar-refractivity contribution in [1.29, 1.82) is 0 Å². The summed E-state index contributed by atoms with van der Waals surface area (Å²) in [5.41, 5.74) is 0.863. The minimum atomic E-state index is -0.447. The Morgan fingerprint density at radius 3 is 1.61 bits per heavy atom. The van der Waals surface area contributed by atoms with E-state index in [0.717, 1.165) is 95.5 Å². The Morgan fingerprint density at radius 2 is 1.11 bits per heavy atom. The molecule has 8 atom stereocenters. The lowest BCUT2D eigenvalue weighted by Gasteiger charge is -2.24. The molecular formula is C37H66O7. The molecule has 0 bridgehead atoms. The van der Waals surface area contributed by atoms with Crippen molar-refractivity contribution in [3.63, 3.8) is 0 Å². The van der Waals surface area contributed by atoms with Crippen LogP contribution in [0.15, 0.2) is 11.6 Å². The van der Waals surface area contributed by atoms with Crippen LogP contribution in [-0.4, -0.2) is 70.1 Å². The summed E-state index contributed by atoms with van der Waals surface area (Å²) in [6, 6.07) is 0. The number of rotatable bonds is 25. The fourth-order valence-electron chi connectivity index (χ4n) is 7.27. The maximum Gasteiger partial charge on any atom is 0.334 e. The highest BCUT2D eigenvalue weighted by Crippen LogP contribution is 2.34. The van der Waals surface area contributed by atoms with Gasteiger partial charge in [-0.05, 0) is 77.2 Å². The molecule has 0 aromatic heterocycles. The predicted molar refractivity (Wildman–Crippen MR) is 175 cm³/mol. The van der Waals surface area contributed by atoms with E-state index in [9.17, 15) is 20.1 Å². The Kier molecular flexibility index (Phi) is 18.5. The van der Waals surface area contributed by atoms with Crippen LogP contribution < -0.4 is 0 Å². The van der Waals surface area contributed by atoms with E-state index in [1.807, 2.05) is 13.0 Å². The van der Waals surface area contributed by atoms with Crippen molar-refractivity contribution in [1.82, 2.24) is 0 Å². The van der Waals surface area contributed by atoms with Crippen LogP contribution in [0.25, 0.3) is 0 Å². The number of unbranched alkanes of at least 4 members (excludes halogenated alkanes) is 12. The smallest absolute Gasteiger partial charge is 0.334 e. The van der Waals surface area contributed by atoms with E-state index in [1.54, 1.807) is 0 Å². The predicted octanol–water partition coefficient (Wildman–Crippen LogP) is 7.86. The van der Waals surface area contributed by atoms with Crippen LogP contribution in [0.3, 0.4) is 0 Å². The Labute approximate surface area is 268 Å². The fourth-order valence-corrected chi connectivity index (χ4v) is 7.27. The van der Waals surface area contributed by atoms with Crippen molar-refractivity contribution in [3.8, 4) is 0 Å². The molecule has 0 aromatic rings. The number of carbonyl (C=O) groups is 1. The van der Waals surface area contributed by atoms with Gasteiger partial charge >= 0.3 is 5.97 Å². The van der Waals surface area contributed by atoms with Crippen LogP contribution in [-0.2, 0) is 19.0 Å². The molecule has 7 heteroatoms. The minimum Gasteiger partial charge on any atom is -0.455 e. The van der Waals surface area contributed by atoms with Gasteiger partial charge in [-0.25, -0.2) is 4.79 Å². The lowest BCUT2D eigenvalue weighted by Crippen LogP contribution is -2.33. The summed E-state index contributed by atoms with van der Waals surface area (Å²) in [6.07, 6.45) is 25.8. The topological polar surface area (TPSA) is 105 Å². The number of hydrogen-bond acceptors (Lipinski definition) is 7. The Balaban J connectivity index is 1.13. The molecule has 0 aromatic carbocycles. The van der Waals surface area contributed by atoms with Gasteiger partial charge in [0.25, 0.3) is 0 Å². The molecule has 3 aliphatic rings. The van der Waals surface area contributed by atoms with Gasteiger partial charge in [0.1, 0.15) is 6.10 Å². The monoisotopic (exact) mass is 622 g/mol. The molecule has 3 rings (SSSR count). The third-order valence-electron chi connectivity index (χ3n) is 10.1. The first kappa shape index (κ1) is 37.5. The summed E-state index contributed by atoms with van der Waals surface area (Å²) in [5.74, 6) is -0.123. The van der Waals surface area contributed by atoms with E-state index in [-0.39, 0.29) is 42.6 Å². The van der Waals surface area contributed by atoms with Gasteiger partial charge in [0.2, 0.25) is 0 Å². The van der Waals surface area contributed by atoms with Crippen molar-refractivity contribution in [2.24, 2.45) is 0 Å². The first-order valence-corrected chi connectivity index (χ1v) is 18.6. The molecule has 256 valence electrons. The van der Waals surface area contributed by atoms with E-state index in [4.69, 9.17) is 14.2 Å². The van der Waals surface area contributed by atoms with Crippen molar-refractivity contribution in [3.05, 3.63) is 11.6 Å². The Bertz CT molecular complexity index is 801. The first-order valence-electron chi connectivity index (χ1n) is 18.6. The zero-order valence-corrected chi connectivity index (χ0v) is 28.1. The summed E-state index contributed by atoms with van der Waals surface area (Å²) in [7, 11) is 0. The summed E-state index contributed by atoms with van der Waals surface area (Å²) >= 11 is 0. The molecule has 0 aliphatic carbocycles. The van der Waals surface area contributed by atoms with Gasteiger partial charge < -0.3 is 29.5 Å². The third-order valence-corrected chi connectivity index (χ3v) is 10.1. The molecular weight excluding hydrogens is 556 g/mol. The summed E-state index contributed by atoms with van der Waals surface area (Å²) in [5, 5.41) is 31.5. The number of aliphatic hydroxyl groups is 3. The number of carbonyl (C=O) groups excluding carboxylic acids is 1. The van der Waals surface area contributed by atoms with Crippen LogP contribution >= 0.6 is 0 Å². The van der Waals surface area contributed by atoms with Gasteiger partial charge in [-0.3, -0.25) is 0 Å². The second-order valence-corrected chi connectivity index (χ2v) is 14.0. The third kappa shape index (κ3) is 14.2. The van der Waals surface area contributed by atoms with Gasteiger partial charge in [-0.15, -0.1) is 0 Å². The average Bonchev–Trinajstić information content (AvgIpc) is 3.76. The minimum absolute atomic E-state index is 0.0274. The highest BCUT2D eigenvalue weighted by atomic mass is 16.6. The fraction of sp³-hybridized carbons (Fsp3) is 0.919. The lowest BCUT2D eigenvalue weighted by atomic mass is 10.00. The van der Waals surface area contributed by atoms with Crippen LogP contribution in [0.4, 0.5) is 0 Å². The molecule has 2 fully saturated rings. The van der Waals surface area contributed by atoms with Crippen LogP contribution in [0.5, 0.6) is 0 Å². The second-order valence-electron chi connectivity index (χ2n) is 14.0. The van der Waals surface area contributed by atoms with Gasteiger partial charge in [0.15, 0.2) is 0 Å². The highest BCUT2D eigenvalue weighted by molar-refractivity contribution is 5.90. The largest absolute Gasteiger partial charge is 0.455 e. The van der Waals surface area contributed by atoms with Crippen molar-refractivity contribution in [2.45, 2.75) is 217 Å². The van der Waals surface area contributed by atoms with Crippen molar-refractivity contribution >= 4 is 5.97 Å². The molecule has 3 N–H and O–H groups in total. The number of hydrogen-bond donors (Lipinski definition) is 3. The lowest BCUT2D eigenvalue weighted by molar-refractivity contribution is -0.139. The van der Waals surface area contributed by atoms with E-state index in [1.165, 1.54) is 64.2 Å². The van der Waals surface area contributed by atoms with E-state index in [0.29, 0.717) is 0 Å². The molecule has 0 amide bonds. The van der Waals surface area contributed by atoms with Crippen LogP contribution in [0, 0.1) is 0 Å². The van der Waals surface area contributed by atoms with Crippen molar-refractivity contribution < 1.29 is 34.3 Å². The first-order chi connectivity index (χ1) is 21.4. The molecule has 2 saturated heterocycles. The summed E-state index contributed by atoms with van der Waals surface area (Å²) < 4.78 is 17.7. The number of esters is 1. The molecule has 7 nitrogen and oxygen atoms in total. The Hall–Kier alpha value is -0.990. The van der Waals surface area contributed by atoms with Gasteiger partial charge in [0, 0.05) is 5.57 Å². The second kappa shape index (κ2) is 21.7. The maximum atomic E-state index is 11.6. The van der Waals surface area contributed by atoms with Gasteiger partial charge in [-0.2, -0.15) is 0 Å². The summed E-state index contributed by atoms with van der Waals surface area (Å²) in [6.45, 7) is 4.09. The number of ether oxygens (including phenoxy) is 3. The SMILES string of the molecule is CCCCCC(O)CCCC[C@H](O)[C@@H]1CC[C@@H]([C@@H]2CC[C@H]([C@H](O)CCCCCCCCCCCCC3=C[C@H](C)OC3=O)O2)O1. The number of cyclic esters (lactones) is 1. The molecule has 3 aliphatic heterocycles. The molecule has 0 radical (unpaired) electrons. The van der Waals surface area contributed by atoms with E-state index in [2.05, 4.69) is 6.92 Å². The zero-order chi connectivity index (χ0) is 31.6. The molecule has 44 heavy (non-hydrogen) atoms. The van der Waals surface area contributed by atoms with E-state index >= 15 is 0 Å².